The first kappa shape index (κ1) is 41.4. The van der Waals surface area contributed by atoms with Gasteiger partial charge in [-0.15, -0.1) is 0 Å². The summed E-state index contributed by atoms with van der Waals surface area (Å²) in [4.78, 5) is 10.2. The zero-order valence-corrected chi connectivity index (χ0v) is 40.5. The van der Waals surface area contributed by atoms with Crippen molar-refractivity contribution in [1.82, 2.24) is 10.3 Å². The number of pyridine rings is 1. The summed E-state index contributed by atoms with van der Waals surface area (Å²) in [7, 11) is 0. The van der Waals surface area contributed by atoms with Gasteiger partial charge in [-0.05, 0) is 181 Å². The lowest BCUT2D eigenvalue weighted by molar-refractivity contribution is 0.450. The Morgan fingerprint density at radius 2 is 1.73 bits per heavy atom. The molecule has 5 aromatic rings. The van der Waals surface area contributed by atoms with Crippen molar-refractivity contribution in [2.75, 3.05) is 22.9 Å². The maximum absolute atomic E-state index is 6.83. The van der Waals surface area contributed by atoms with E-state index in [2.05, 4.69) is 146 Å². The van der Waals surface area contributed by atoms with Crippen molar-refractivity contribution >= 4 is 66.8 Å². The smallest absolute Gasteiger partial charge is 0.227 e. The predicted molar refractivity (Wildman–Crippen MR) is 281 cm³/mol. The zero-order valence-electron chi connectivity index (χ0n) is 39.7. The molecule has 8 aliphatic rings. The number of furan rings is 1. The third-order valence-corrected chi connectivity index (χ3v) is 17.9. The van der Waals surface area contributed by atoms with Crippen LogP contribution in [-0.4, -0.2) is 35.5 Å². The van der Waals surface area contributed by atoms with E-state index in [1.807, 2.05) is 12.3 Å². The van der Waals surface area contributed by atoms with Crippen LogP contribution < -0.4 is 15.1 Å². The second-order valence-electron chi connectivity index (χ2n) is 21.0. The van der Waals surface area contributed by atoms with Gasteiger partial charge in [-0.1, -0.05) is 99.1 Å². The van der Waals surface area contributed by atoms with Crippen LogP contribution in [-0.2, 0) is 23.0 Å². The minimum absolute atomic E-state index is 0.0913. The van der Waals surface area contributed by atoms with Crippen LogP contribution in [0, 0.1) is 18.8 Å². The molecule has 3 aromatic carbocycles. The SMILES string of the molecule is CC1=C(c2c(N(c3cccc4c3CC3N=S=CC43)C3C=CC=CC3C)cc3c(c2C)C2=C(CNCC2)C3(C)C)CC2CCCCC2=C1N(C1=CC=CCC1)c1cccc2c1oc1ncccc12. The summed E-state index contributed by atoms with van der Waals surface area (Å²) in [6.45, 7) is 14.4. The molecule has 1 fully saturated rings. The molecule has 1 saturated carbocycles. The molecule has 7 heteroatoms. The van der Waals surface area contributed by atoms with Crippen LogP contribution in [0.1, 0.15) is 118 Å². The maximum Gasteiger partial charge on any atom is 0.227 e. The molecule has 0 bridgehead atoms. The van der Waals surface area contributed by atoms with E-state index < -0.39 is 0 Å². The summed E-state index contributed by atoms with van der Waals surface area (Å²) in [6, 6.07) is 21.2. The van der Waals surface area contributed by atoms with E-state index >= 15 is 0 Å². The van der Waals surface area contributed by atoms with E-state index in [1.165, 1.54) is 86.6 Å². The Hall–Kier alpha value is -5.76. The summed E-state index contributed by atoms with van der Waals surface area (Å²) in [5, 5.41) is 8.36. The summed E-state index contributed by atoms with van der Waals surface area (Å²) < 4.78 is 11.9. The molecule has 2 aliphatic heterocycles. The van der Waals surface area contributed by atoms with Crippen molar-refractivity contribution in [2.24, 2.45) is 16.2 Å². The molecule has 0 amide bonds. The first-order valence-corrected chi connectivity index (χ1v) is 26.0. The Labute approximate surface area is 399 Å². The Balaban J connectivity index is 1.11. The number of nitrogens with one attached hydrogen (secondary N) is 1. The van der Waals surface area contributed by atoms with Gasteiger partial charge in [-0.3, -0.25) is 0 Å². The van der Waals surface area contributed by atoms with Gasteiger partial charge in [0.1, 0.15) is 0 Å². The van der Waals surface area contributed by atoms with Crippen LogP contribution in [0.25, 0.3) is 33.2 Å². The van der Waals surface area contributed by atoms with Gasteiger partial charge in [-0.25, -0.2) is 9.35 Å². The van der Waals surface area contributed by atoms with Crippen molar-refractivity contribution in [3.63, 3.8) is 0 Å². The summed E-state index contributed by atoms with van der Waals surface area (Å²) in [6.07, 6.45) is 28.2. The monoisotopic (exact) mass is 899 g/mol. The van der Waals surface area contributed by atoms with Gasteiger partial charge in [-0.2, -0.15) is 0 Å². The number of hydrogen-bond donors (Lipinski definition) is 1. The first-order valence-electron chi connectivity index (χ1n) is 25.2. The van der Waals surface area contributed by atoms with Crippen LogP contribution in [0.2, 0.25) is 0 Å². The molecule has 2 aromatic heterocycles. The minimum Gasteiger partial charge on any atom is -0.435 e. The number of allylic oxidation sites excluding steroid dienone is 9. The van der Waals surface area contributed by atoms with Crippen LogP contribution in [0.5, 0.6) is 0 Å². The Morgan fingerprint density at radius 3 is 2.61 bits per heavy atom. The van der Waals surface area contributed by atoms with E-state index in [0.717, 1.165) is 73.7 Å². The van der Waals surface area contributed by atoms with Crippen LogP contribution in [0.15, 0.2) is 140 Å². The zero-order chi connectivity index (χ0) is 45.1. The van der Waals surface area contributed by atoms with Crippen LogP contribution in [0.3, 0.4) is 0 Å². The highest BCUT2D eigenvalue weighted by atomic mass is 32.1. The Kier molecular flexibility index (Phi) is 9.84. The molecular formula is C60H61N5OS. The van der Waals surface area contributed by atoms with Gasteiger partial charge < -0.3 is 19.5 Å². The molecule has 6 nitrogen and oxygen atoms in total. The molecule has 6 aliphatic carbocycles. The third-order valence-electron chi connectivity index (χ3n) is 17.1. The Morgan fingerprint density at radius 1 is 0.866 bits per heavy atom. The molecule has 5 unspecified atom stereocenters. The van der Waals surface area contributed by atoms with Crippen molar-refractivity contribution in [3.05, 3.63) is 165 Å². The molecule has 0 saturated heterocycles. The highest BCUT2D eigenvalue weighted by Gasteiger charge is 2.45. The van der Waals surface area contributed by atoms with E-state index in [1.54, 1.807) is 27.9 Å². The Bertz CT molecular complexity index is 3250. The number of rotatable bonds is 7. The van der Waals surface area contributed by atoms with Crippen molar-refractivity contribution in [1.29, 1.82) is 0 Å². The van der Waals surface area contributed by atoms with E-state index in [4.69, 9.17) is 13.8 Å². The molecule has 13 rings (SSSR count). The van der Waals surface area contributed by atoms with Gasteiger partial charge in [0.15, 0.2) is 5.58 Å². The number of benzene rings is 3. The molecule has 5 atom stereocenters. The molecular weight excluding hydrogens is 839 g/mol. The molecule has 338 valence electrons. The van der Waals surface area contributed by atoms with Crippen molar-refractivity contribution in [3.8, 4) is 0 Å². The van der Waals surface area contributed by atoms with E-state index in [-0.39, 0.29) is 11.5 Å². The van der Waals surface area contributed by atoms with Gasteiger partial charge in [0.2, 0.25) is 5.71 Å². The highest BCUT2D eigenvalue weighted by Crippen LogP contribution is 2.58. The number of hydrogen-bond acceptors (Lipinski definition) is 6. The lowest BCUT2D eigenvalue weighted by Gasteiger charge is -2.43. The normalized spacial score (nSPS) is 25.6. The first-order chi connectivity index (χ1) is 32.8. The second kappa shape index (κ2) is 15.9. The number of nitrogens with zero attached hydrogens (tertiary/aromatic N) is 4. The molecule has 0 radical (unpaired) electrons. The lowest BCUT2D eigenvalue weighted by atomic mass is 9.70. The number of aromatic nitrogens is 1. The van der Waals surface area contributed by atoms with Crippen molar-refractivity contribution < 1.29 is 4.42 Å². The fourth-order valence-electron chi connectivity index (χ4n) is 13.8. The standard InChI is InChI=1S/C60H61N5OS/c1-35-16-9-12-24-51(35)65(52-25-13-21-41-46(52)31-50-47(41)34-67-63-50)54-32-48-55(44-27-29-61-33-49(44)60(48,4)5)37(3)56(54)45-30-38-17-10-11-20-40(38)57(36(45)2)64(39-18-7-6-8-19-39)53-26-14-22-42-43-23-15-28-62-59(43)66-58(42)53/h6-7,9,12-16,18,21-26,28,32,34-35,38,47,50-51,61H,8,10-11,17,19-20,27,29-31,33H2,1-5H3. The molecule has 1 N–H and O–H groups in total. The lowest BCUT2D eigenvalue weighted by Crippen LogP contribution is -2.37. The number of anilines is 3. The highest BCUT2D eigenvalue weighted by molar-refractivity contribution is 7.67. The van der Waals surface area contributed by atoms with E-state index in [0.29, 0.717) is 29.5 Å². The average Bonchev–Trinajstić information content (AvgIpc) is 4.12. The van der Waals surface area contributed by atoms with E-state index in [9.17, 15) is 0 Å². The van der Waals surface area contributed by atoms with Crippen LogP contribution in [0.4, 0.5) is 17.1 Å². The van der Waals surface area contributed by atoms with Crippen molar-refractivity contribution in [2.45, 2.75) is 116 Å². The second-order valence-corrected chi connectivity index (χ2v) is 21.7. The quantitative estimate of drug-likeness (QED) is 0.165. The molecule has 0 spiro atoms. The van der Waals surface area contributed by atoms with Gasteiger partial charge in [0.05, 0.1) is 17.8 Å². The number of para-hydroxylation sites is 1. The topological polar surface area (TPSA) is 56.9 Å². The number of fused-ring (bicyclic) bond motifs is 9. The third kappa shape index (κ3) is 6.29. The van der Waals surface area contributed by atoms with Gasteiger partial charge >= 0.3 is 0 Å². The predicted octanol–water partition coefficient (Wildman–Crippen LogP) is 14.0. The summed E-state index contributed by atoms with van der Waals surface area (Å²) in [5.74, 6) is 1.12. The van der Waals surface area contributed by atoms with Gasteiger partial charge in [0, 0.05) is 63.2 Å². The molecule has 4 heterocycles. The summed E-state index contributed by atoms with van der Waals surface area (Å²) in [5.41, 5.74) is 24.6. The van der Waals surface area contributed by atoms with Gasteiger partial charge in [0.25, 0.3) is 0 Å². The van der Waals surface area contributed by atoms with Crippen LogP contribution >= 0.6 is 0 Å². The largest absolute Gasteiger partial charge is 0.435 e. The summed E-state index contributed by atoms with van der Waals surface area (Å²) >= 11 is 1.66. The fraction of sp³-hybridized carbons (Fsp3) is 0.367. The fourth-order valence-corrected chi connectivity index (χ4v) is 14.7. The molecule has 67 heavy (non-hydrogen) atoms. The maximum atomic E-state index is 6.83. The average molecular weight is 900 g/mol. The minimum atomic E-state index is -0.0913.